The zero-order valence-electron chi connectivity index (χ0n) is 9.75. The minimum Gasteiger partial charge on any atom is -0.273 e. The maximum Gasteiger partial charge on any atom is 0.193 e. The first-order chi connectivity index (χ1) is 8.01. The Balaban J connectivity index is 2.23. The van der Waals surface area contributed by atoms with Gasteiger partial charge in [-0.2, -0.15) is 5.10 Å². The lowest BCUT2D eigenvalue weighted by Crippen LogP contribution is -2.04. The molecule has 6 heteroatoms. The average molecular weight is 270 g/mol. The Labute approximate surface area is 105 Å². The van der Waals surface area contributed by atoms with E-state index in [1.807, 2.05) is 19.9 Å². The Bertz CT molecular complexity index is 611. The second kappa shape index (κ2) is 4.62. The predicted molar refractivity (Wildman–Crippen MR) is 67.8 cm³/mol. The standard InChI is InChI=1S/C11H14N2O2S2/c1-3-13-7-6-10(12-13)8-17(14,15)11-5-4-9(2)16-11/h4-7H,3,8H2,1-2H3. The number of aromatic nitrogens is 2. The van der Waals surface area contributed by atoms with Crippen LogP contribution in [0, 0.1) is 6.92 Å². The van der Waals surface area contributed by atoms with Crippen LogP contribution in [0.2, 0.25) is 0 Å². The highest BCUT2D eigenvalue weighted by Gasteiger charge is 2.18. The van der Waals surface area contributed by atoms with Gasteiger partial charge < -0.3 is 0 Å². The van der Waals surface area contributed by atoms with E-state index in [-0.39, 0.29) is 5.75 Å². The Morgan fingerprint density at radius 1 is 1.35 bits per heavy atom. The van der Waals surface area contributed by atoms with E-state index >= 15 is 0 Å². The van der Waals surface area contributed by atoms with Gasteiger partial charge in [-0.1, -0.05) is 0 Å². The van der Waals surface area contributed by atoms with E-state index in [1.165, 1.54) is 11.3 Å². The van der Waals surface area contributed by atoms with Crippen LogP contribution in [-0.2, 0) is 22.1 Å². The first-order valence-corrected chi connectivity index (χ1v) is 7.79. The largest absolute Gasteiger partial charge is 0.273 e. The van der Waals surface area contributed by atoms with Crippen molar-refractivity contribution in [3.05, 3.63) is 35.0 Å². The predicted octanol–water partition coefficient (Wildman–Crippen LogP) is 2.25. The van der Waals surface area contributed by atoms with Crippen LogP contribution in [0.25, 0.3) is 0 Å². The molecule has 2 aromatic heterocycles. The molecule has 0 saturated heterocycles. The Morgan fingerprint density at radius 3 is 2.65 bits per heavy atom. The van der Waals surface area contributed by atoms with E-state index in [4.69, 9.17) is 0 Å². The SMILES string of the molecule is CCn1ccc(CS(=O)(=O)c2ccc(C)s2)n1. The van der Waals surface area contributed by atoms with E-state index in [0.29, 0.717) is 9.90 Å². The number of rotatable bonds is 4. The molecule has 0 amide bonds. The third-order valence-electron chi connectivity index (χ3n) is 2.38. The van der Waals surface area contributed by atoms with Crippen LogP contribution in [0.3, 0.4) is 0 Å². The van der Waals surface area contributed by atoms with Gasteiger partial charge in [0.25, 0.3) is 0 Å². The Morgan fingerprint density at radius 2 is 2.12 bits per heavy atom. The summed E-state index contributed by atoms with van der Waals surface area (Å²) in [6.07, 6.45) is 1.80. The molecule has 0 saturated carbocycles. The van der Waals surface area contributed by atoms with E-state index in [0.717, 1.165) is 11.4 Å². The molecule has 4 nitrogen and oxygen atoms in total. The van der Waals surface area contributed by atoms with Gasteiger partial charge in [-0.05, 0) is 32.0 Å². The van der Waals surface area contributed by atoms with E-state index in [2.05, 4.69) is 5.10 Å². The monoisotopic (exact) mass is 270 g/mol. The van der Waals surface area contributed by atoms with Crippen LogP contribution in [0.4, 0.5) is 0 Å². The molecule has 0 spiro atoms. The summed E-state index contributed by atoms with van der Waals surface area (Å²) in [6, 6.07) is 5.23. The van der Waals surface area contributed by atoms with Crippen molar-refractivity contribution >= 4 is 21.2 Å². The fourth-order valence-corrected chi connectivity index (χ4v) is 4.13. The van der Waals surface area contributed by atoms with Crippen LogP contribution in [0.1, 0.15) is 17.5 Å². The molecule has 0 aliphatic rings. The van der Waals surface area contributed by atoms with Gasteiger partial charge in [-0.3, -0.25) is 4.68 Å². The maximum absolute atomic E-state index is 12.1. The molecule has 2 heterocycles. The molecule has 0 radical (unpaired) electrons. The van der Waals surface area contributed by atoms with Gasteiger partial charge in [0.05, 0.1) is 11.4 Å². The van der Waals surface area contributed by atoms with Crippen LogP contribution >= 0.6 is 11.3 Å². The second-order valence-corrected chi connectivity index (χ2v) is 7.29. The molecule has 0 aliphatic carbocycles. The highest BCUT2D eigenvalue weighted by molar-refractivity contribution is 7.92. The van der Waals surface area contributed by atoms with Crippen LogP contribution in [0.15, 0.2) is 28.6 Å². The van der Waals surface area contributed by atoms with Gasteiger partial charge in [-0.15, -0.1) is 11.3 Å². The van der Waals surface area contributed by atoms with Crippen molar-refractivity contribution in [2.45, 2.75) is 30.4 Å². The Hall–Kier alpha value is -1.14. The molecule has 92 valence electrons. The van der Waals surface area contributed by atoms with Crippen molar-refractivity contribution in [2.75, 3.05) is 0 Å². The molecule has 0 N–H and O–H groups in total. The van der Waals surface area contributed by atoms with Crippen molar-refractivity contribution in [2.24, 2.45) is 0 Å². The lowest BCUT2D eigenvalue weighted by atomic mass is 10.5. The summed E-state index contributed by atoms with van der Waals surface area (Å²) in [4.78, 5) is 1.00. The summed E-state index contributed by atoms with van der Waals surface area (Å²) in [5, 5.41) is 4.19. The molecule has 2 rings (SSSR count). The first-order valence-electron chi connectivity index (χ1n) is 5.33. The highest BCUT2D eigenvalue weighted by Crippen LogP contribution is 2.23. The normalized spacial score (nSPS) is 11.9. The lowest BCUT2D eigenvalue weighted by molar-refractivity contribution is 0.594. The highest BCUT2D eigenvalue weighted by atomic mass is 32.2. The van der Waals surface area contributed by atoms with Crippen molar-refractivity contribution in [3.8, 4) is 0 Å². The van der Waals surface area contributed by atoms with Crippen molar-refractivity contribution in [3.63, 3.8) is 0 Å². The topological polar surface area (TPSA) is 52.0 Å². The molecule has 0 bridgehead atoms. The summed E-state index contributed by atoms with van der Waals surface area (Å²) in [5.74, 6) is -0.0278. The summed E-state index contributed by atoms with van der Waals surface area (Å²) in [6.45, 7) is 4.61. The summed E-state index contributed by atoms with van der Waals surface area (Å²) < 4.78 is 26.3. The first kappa shape index (κ1) is 12.3. The number of nitrogens with zero attached hydrogens (tertiary/aromatic N) is 2. The summed E-state index contributed by atoms with van der Waals surface area (Å²) in [5.41, 5.74) is 0.595. The fourth-order valence-electron chi connectivity index (χ4n) is 1.50. The maximum atomic E-state index is 12.1. The van der Waals surface area contributed by atoms with Gasteiger partial charge in [0.15, 0.2) is 9.84 Å². The molecular weight excluding hydrogens is 256 g/mol. The summed E-state index contributed by atoms with van der Waals surface area (Å²) in [7, 11) is -3.24. The number of hydrogen-bond donors (Lipinski definition) is 0. The van der Waals surface area contributed by atoms with Crippen LogP contribution in [-0.4, -0.2) is 18.2 Å². The van der Waals surface area contributed by atoms with Gasteiger partial charge in [0.2, 0.25) is 0 Å². The molecule has 0 aromatic carbocycles. The average Bonchev–Trinajstić information content (AvgIpc) is 2.86. The molecule has 0 unspecified atom stereocenters. The van der Waals surface area contributed by atoms with Gasteiger partial charge >= 0.3 is 0 Å². The number of sulfone groups is 1. The van der Waals surface area contributed by atoms with Crippen molar-refractivity contribution in [1.82, 2.24) is 9.78 Å². The van der Waals surface area contributed by atoms with E-state index in [9.17, 15) is 8.42 Å². The minimum absolute atomic E-state index is 0.0278. The smallest absolute Gasteiger partial charge is 0.193 e. The zero-order chi connectivity index (χ0) is 12.5. The molecule has 0 fully saturated rings. The molecule has 0 aliphatic heterocycles. The van der Waals surface area contributed by atoms with Gasteiger partial charge in [0.1, 0.15) is 4.21 Å². The van der Waals surface area contributed by atoms with E-state index < -0.39 is 9.84 Å². The van der Waals surface area contributed by atoms with Gasteiger partial charge in [0, 0.05) is 17.6 Å². The van der Waals surface area contributed by atoms with Crippen molar-refractivity contribution in [1.29, 1.82) is 0 Å². The van der Waals surface area contributed by atoms with Crippen LogP contribution in [0.5, 0.6) is 0 Å². The third-order valence-corrected chi connectivity index (χ3v) is 5.61. The number of aryl methyl sites for hydroxylation is 2. The van der Waals surface area contributed by atoms with E-state index in [1.54, 1.807) is 23.0 Å². The molecule has 0 atom stereocenters. The minimum atomic E-state index is -3.24. The third kappa shape index (κ3) is 2.76. The Kier molecular flexibility index (Phi) is 3.35. The second-order valence-electron chi connectivity index (χ2n) is 3.79. The van der Waals surface area contributed by atoms with Crippen LogP contribution < -0.4 is 0 Å². The summed E-state index contributed by atoms with van der Waals surface area (Å²) >= 11 is 1.30. The number of thiophene rings is 1. The zero-order valence-corrected chi connectivity index (χ0v) is 11.4. The fraction of sp³-hybridized carbons (Fsp3) is 0.364. The quantitative estimate of drug-likeness (QED) is 0.856. The van der Waals surface area contributed by atoms with Crippen molar-refractivity contribution < 1.29 is 8.42 Å². The molecular formula is C11H14N2O2S2. The number of hydrogen-bond acceptors (Lipinski definition) is 4. The van der Waals surface area contributed by atoms with Gasteiger partial charge in [-0.25, -0.2) is 8.42 Å². The lowest BCUT2D eigenvalue weighted by Gasteiger charge is -1.98. The molecule has 2 aromatic rings. The molecule has 17 heavy (non-hydrogen) atoms.